The number of carbonyl (C=O) groups is 1. The van der Waals surface area contributed by atoms with Crippen molar-refractivity contribution >= 4 is 33.0 Å². The minimum atomic E-state index is -3.73. The number of rotatable bonds is 6. The number of amides is 1. The van der Waals surface area contributed by atoms with Gasteiger partial charge in [-0.2, -0.15) is 0 Å². The summed E-state index contributed by atoms with van der Waals surface area (Å²) in [5.74, 6) is -0.226. The predicted octanol–water partition coefficient (Wildman–Crippen LogP) is 3.25. The smallest absolute Gasteiger partial charge is 0.311 e. The van der Waals surface area contributed by atoms with Crippen molar-refractivity contribution in [3.8, 4) is 11.5 Å². The van der Waals surface area contributed by atoms with Crippen LogP contribution in [0.1, 0.15) is 30.5 Å². The Balaban J connectivity index is 1.59. The van der Waals surface area contributed by atoms with Gasteiger partial charge >= 0.3 is 11.8 Å². The van der Waals surface area contributed by atoms with E-state index in [0.29, 0.717) is 30.9 Å². The molecule has 0 unspecified atom stereocenters. The maximum Gasteiger partial charge on any atom is 0.311 e. The fraction of sp³-hybridized carbons (Fsp3) is 0.316. The number of benzene rings is 1. The number of thiophene rings is 1. The molecule has 1 fully saturated rings. The van der Waals surface area contributed by atoms with E-state index >= 15 is 0 Å². The molecule has 0 saturated carbocycles. The summed E-state index contributed by atoms with van der Waals surface area (Å²) < 4.78 is 33.3. The standard InChI is InChI=1S/C19H20N4O4S2/c1-2-23(15-8-4-3-5-9-15)29(25,26)16-12-14(13-28-16)17-20-21-18(27-17)19(24)22-10-6-7-11-22/h3-5,8-9,12-13H,2,6-7,10-11H2,1H3. The van der Waals surface area contributed by atoms with Crippen LogP contribution in [0.15, 0.2) is 50.4 Å². The molecule has 10 heteroatoms. The number of para-hydroxylation sites is 1. The van der Waals surface area contributed by atoms with Crippen molar-refractivity contribution in [3.63, 3.8) is 0 Å². The van der Waals surface area contributed by atoms with Crippen molar-refractivity contribution < 1.29 is 17.6 Å². The van der Waals surface area contributed by atoms with Gasteiger partial charge in [0.25, 0.3) is 10.0 Å². The number of hydrogen-bond acceptors (Lipinski definition) is 7. The van der Waals surface area contributed by atoms with Gasteiger partial charge in [0.05, 0.1) is 11.3 Å². The Kier molecular flexibility index (Phi) is 5.37. The van der Waals surface area contributed by atoms with E-state index in [2.05, 4.69) is 10.2 Å². The number of carbonyl (C=O) groups excluding carboxylic acids is 1. The Hall–Kier alpha value is -2.72. The summed E-state index contributed by atoms with van der Waals surface area (Å²) in [6, 6.07) is 10.4. The van der Waals surface area contributed by atoms with Crippen LogP contribution in [0.5, 0.6) is 0 Å². The van der Waals surface area contributed by atoms with Crippen LogP contribution in [0, 0.1) is 0 Å². The Morgan fingerprint density at radius 2 is 1.93 bits per heavy atom. The van der Waals surface area contributed by atoms with Crippen molar-refractivity contribution in [2.45, 2.75) is 24.0 Å². The van der Waals surface area contributed by atoms with E-state index in [-0.39, 0.29) is 21.9 Å². The second-order valence-electron chi connectivity index (χ2n) is 6.57. The van der Waals surface area contributed by atoms with E-state index in [9.17, 15) is 13.2 Å². The fourth-order valence-corrected chi connectivity index (χ4v) is 5.98. The van der Waals surface area contributed by atoms with Crippen molar-refractivity contribution in [1.29, 1.82) is 0 Å². The third-order valence-corrected chi connectivity index (χ3v) is 8.02. The summed E-state index contributed by atoms with van der Waals surface area (Å²) in [5.41, 5.74) is 1.08. The summed E-state index contributed by atoms with van der Waals surface area (Å²) in [7, 11) is -3.73. The van der Waals surface area contributed by atoms with Crippen molar-refractivity contribution in [2.75, 3.05) is 23.9 Å². The van der Waals surface area contributed by atoms with Crippen LogP contribution in [0.2, 0.25) is 0 Å². The lowest BCUT2D eigenvalue weighted by molar-refractivity contribution is 0.0754. The quantitative estimate of drug-likeness (QED) is 0.593. The summed E-state index contributed by atoms with van der Waals surface area (Å²) in [4.78, 5) is 14.1. The molecule has 29 heavy (non-hydrogen) atoms. The number of hydrogen-bond donors (Lipinski definition) is 0. The zero-order valence-electron chi connectivity index (χ0n) is 15.8. The van der Waals surface area contributed by atoms with Crippen LogP contribution in [-0.4, -0.2) is 49.1 Å². The number of aromatic nitrogens is 2. The molecule has 4 rings (SSSR count). The highest BCUT2D eigenvalue weighted by atomic mass is 32.2. The van der Waals surface area contributed by atoms with Gasteiger partial charge in [-0.1, -0.05) is 18.2 Å². The average Bonchev–Trinajstić information content (AvgIpc) is 3.50. The van der Waals surface area contributed by atoms with Crippen LogP contribution in [0.4, 0.5) is 5.69 Å². The van der Waals surface area contributed by atoms with Gasteiger partial charge in [0, 0.05) is 25.0 Å². The summed E-state index contributed by atoms with van der Waals surface area (Å²) in [6.07, 6.45) is 1.93. The topological polar surface area (TPSA) is 96.6 Å². The average molecular weight is 433 g/mol. The van der Waals surface area contributed by atoms with E-state index < -0.39 is 10.0 Å². The van der Waals surface area contributed by atoms with E-state index in [4.69, 9.17) is 4.42 Å². The molecule has 3 heterocycles. The molecule has 2 aromatic heterocycles. The molecule has 1 saturated heterocycles. The van der Waals surface area contributed by atoms with Crippen LogP contribution in [0.3, 0.4) is 0 Å². The van der Waals surface area contributed by atoms with Gasteiger partial charge < -0.3 is 9.32 Å². The van der Waals surface area contributed by atoms with Crippen molar-refractivity contribution in [1.82, 2.24) is 15.1 Å². The molecule has 0 radical (unpaired) electrons. The zero-order chi connectivity index (χ0) is 20.4. The lowest BCUT2D eigenvalue weighted by Gasteiger charge is -2.21. The highest BCUT2D eigenvalue weighted by Gasteiger charge is 2.28. The number of likely N-dealkylation sites (tertiary alicyclic amines) is 1. The second kappa shape index (κ2) is 7.96. The summed E-state index contributed by atoms with van der Waals surface area (Å²) in [5, 5.41) is 9.42. The number of nitrogens with zero attached hydrogens (tertiary/aromatic N) is 4. The predicted molar refractivity (Wildman–Crippen MR) is 109 cm³/mol. The van der Waals surface area contributed by atoms with Gasteiger partial charge in [0.1, 0.15) is 4.21 Å². The fourth-order valence-electron chi connectivity index (χ4n) is 3.24. The molecule has 3 aromatic rings. The maximum atomic E-state index is 13.1. The van der Waals surface area contributed by atoms with Gasteiger partial charge in [-0.3, -0.25) is 9.10 Å². The minimum absolute atomic E-state index is 0.0722. The SMILES string of the molecule is CCN(c1ccccc1)S(=O)(=O)c1cc(-c2nnc(C(=O)N3CCCC3)o2)cs1. The first-order chi connectivity index (χ1) is 14.0. The zero-order valence-corrected chi connectivity index (χ0v) is 17.4. The normalized spacial score (nSPS) is 14.3. The summed E-state index contributed by atoms with van der Waals surface area (Å²) in [6.45, 7) is 3.45. The molecule has 152 valence electrons. The Labute approximate surface area is 172 Å². The van der Waals surface area contributed by atoms with Crippen LogP contribution < -0.4 is 4.31 Å². The monoisotopic (exact) mass is 432 g/mol. The van der Waals surface area contributed by atoms with Gasteiger partial charge in [-0.15, -0.1) is 21.5 Å². The first-order valence-corrected chi connectivity index (χ1v) is 11.6. The lowest BCUT2D eigenvalue weighted by atomic mass is 10.3. The molecular weight excluding hydrogens is 412 g/mol. The van der Waals surface area contributed by atoms with Gasteiger partial charge in [-0.05, 0) is 38.0 Å². The largest absolute Gasteiger partial charge is 0.412 e. The summed E-state index contributed by atoms with van der Waals surface area (Å²) >= 11 is 1.08. The third kappa shape index (κ3) is 3.77. The molecule has 1 aliphatic heterocycles. The van der Waals surface area contributed by atoms with E-state index in [1.54, 1.807) is 41.5 Å². The Morgan fingerprint density at radius 1 is 1.21 bits per heavy atom. The first-order valence-electron chi connectivity index (χ1n) is 9.30. The molecule has 1 aromatic carbocycles. The van der Waals surface area contributed by atoms with Crippen LogP contribution in [-0.2, 0) is 10.0 Å². The van der Waals surface area contributed by atoms with Crippen molar-refractivity contribution in [3.05, 3.63) is 47.7 Å². The van der Waals surface area contributed by atoms with Gasteiger partial charge in [-0.25, -0.2) is 8.42 Å². The molecule has 0 atom stereocenters. The van der Waals surface area contributed by atoms with E-state index in [1.807, 2.05) is 6.07 Å². The third-order valence-electron chi connectivity index (χ3n) is 4.70. The molecule has 0 N–H and O–H groups in total. The Morgan fingerprint density at radius 3 is 2.62 bits per heavy atom. The lowest BCUT2D eigenvalue weighted by Crippen LogP contribution is -2.30. The molecule has 0 aliphatic carbocycles. The van der Waals surface area contributed by atoms with Gasteiger partial charge in [0.15, 0.2) is 0 Å². The number of anilines is 1. The highest BCUT2D eigenvalue weighted by Crippen LogP contribution is 2.32. The van der Waals surface area contributed by atoms with Crippen molar-refractivity contribution in [2.24, 2.45) is 0 Å². The molecule has 1 amide bonds. The molecule has 8 nitrogen and oxygen atoms in total. The minimum Gasteiger partial charge on any atom is -0.412 e. The van der Waals surface area contributed by atoms with E-state index in [1.165, 1.54) is 10.4 Å². The van der Waals surface area contributed by atoms with E-state index in [0.717, 1.165) is 24.2 Å². The maximum absolute atomic E-state index is 13.1. The molecule has 0 spiro atoms. The highest BCUT2D eigenvalue weighted by molar-refractivity contribution is 7.94. The molecule has 1 aliphatic rings. The first kappa shape index (κ1) is 19.6. The number of sulfonamides is 1. The second-order valence-corrected chi connectivity index (χ2v) is 9.57. The molecular formula is C19H20N4O4S2. The Bertz CT molecular complexity index is 1100. The van der Waals surface area contributed by atoms with Gasteiger partial charge in [0.2, 0.25) is 5.89 Å². The van der Waals surface area contributed by atoms with Crippen LogP contribution in [0.25, 0.3) is 11.5 Å². The molecule has 0 bridgehead atoms. The van der Waals surface area contributed by atoms with Crippen LogP contribution >= 0.6 is 11.3 Å².